The van der Waals surface area contributed by atoms with Crippen LogP contribution in [-0.4, -0.2) is 16.0 Å². The molecule has 1 heterocycles. The minimum absolute atomic E-state index is 0.309. The quantitative estimate of drug-likeness (QED) is 0.609. The molecular weight excluding hydrogens is 150 g/mol. The molecule has 0 saturated heterocycles. The van der Waals surface area contributed by atoms with Crippen molar-refractivity contribution in [1.29, 1.82) is 0 Å². The summed E-state index contributed by atoms with van der Waals surface area (Å²) >= 11 is 0. The fourth-order valence-electron chi connectivity index (χ4n) is 1.64. The third-order valence-corrected chi connectivity index (χ3v) is 2.31. The van der Waals surface area contributed by atoms with Gasteiger partial charge in [-0.15, -0.1) is 0 Å². The molecule has 12 heavy (non-hydrogen) atoms. The first-order chi connectivity index (χ1) is 5.75. The van der Waals surface area contributed by atoms with Crippen molar-refractivity contribution in [1.82, 2.24) is 9.97 Å². The van der Waals surface area contributed by atoms with Crippen LogP contribution in [0.15, 0.2) is 6.20 Å². The molecule has 3 heteroatoms. The molecule has 2 N–H and O–H groups in total. The fourth-order valence-corrected chi connectivity index (χ4v) is 1.64. The highest BCUT2D eigenvalue weighted by atomic mass is 14.9. The largest absolute Gasteiger partial charge is 0.327 e. The van der Waals surface area contributed by atoms with E-state index in [1.54, 1.807) is 0 Å². The van der Waals surface area contributed by atoms with E-state index in [1.165, 1.54) is 11.3 Å². The average molecular weight is 163 g/mol. The summed E-state index contributed by atoms with van der Waals surface area (Å²) in [5, 5.41) is 0. The summed E-state index contributed by atoms with van der Waals surface area (Å²) in [6.07, 6.45) is 4.93. The number of hydrogen-bond acceptors (Lipinski definition) is 3. The first-order valence-corrected chi connectivity index (χ1v) is 4.32. The number of fused-ring (bicyclic) bond motifs is 1. The Morgan fingerprint density at radius 3 is 3.25 bits per heavy atom. The lowest BCUT2D eigenvalue weighted by molar-refractivity contribution is 0.562. The van der Waals surface area contributed by atoms with Gasteiger partial charge >= 0.3 is 0 Å². The van der Waals surface area contributed by atoms with Gasteiger partial charge in [0.15, 0.2) is 0 Å². The minimum atomic E-state index is 0.309. The molecule has 0 spiro atoms. The Bertz CT molecular complexity index is 296. The highest BCUT2D eigenvalue weighted by molar-refractivity contribution is 5.21. The summed E-state index contributed by atoms with van der Waals surface area (Å²) < 4.78 is 0. The Hall–Kier alpha value is -0.960. The third kappa shape index (κ3) is 1.32. The summed E-state index contributed by atoms with van der Waals surface area (Å²) in [5.74, 6) is 0.865. The molecule has 0 aliphatic heterocycles. The van der Waals surface area contributed by atoms with Crippen LogP contribution in [0.25, 0.3) is 0 Å². The Kier molecular flexibility index (Phi) is 1.81. The molecule has 64 valence electrons. The summed E-state index contributed by atoms with van der Waals surface area (Å²) in [4.78, 5) is 8.54. The zero-order valence-corrected chi connectivity index (χ0v) is 7.25. The predicted octanol–water partition coefficient (Wildman–Crippen LogP) is 0.601. The third-order valence-electron chi connectivity index (χ3n) is 2.31. The van der Waals surface area contributed by atoms with Crippen LogP contribution in [0.3, 0.4) is 0 Å². The first kappa shape index (κ1) is 7.68. The monoisotopic (exact) mass is 163 g/mol. The molecule has 0 fully saturated rings. The second kappa shape index (κ2) is 2.83. The molecule has 3 nitrogen and oxygen atoms in total. The van der Waals surface area contributed by atoms with Gasteiger partial charge in [-0.1, -0.05) is 0 Å². The summed E-state index contributed by atoms with van der Waals surface area (Å²) in [7, 11) is 0. The van der Waals surface area contributed by atoms with Gasteiger partial charge in [-0.3, -0.25) is 0 Å². The predicted molar refractivity (Wildman–Crippen MR) is 46.8 cm³/mol. The van der Waals surface area contributed by atoms with Gasteiger partial charge in [-0.2, -0.15) is 0 Å². The Balaban J connectivity index is 2.37. The maximum absolute atomic E-state index is 5.83. The fraction of sp³-hybridized carbons (Fsp3) is 0.556. The molecule has 1 aromatic rings. The lowest BCUT2D eigenvalue weighted by Gasteiger charge is -2.19. The van der Waals surface area contributed by atoms with E-state index in [2.05, 4.69) is 9.97 Å². The van der Waals surface area contributed by atoms with Gasteiger partial charge in [0, 0.05) is 17.9 Å². The van der Waals surface area contributed by atoms with Crippen LogP contribution in [0.1, 0.15) is 23.5 Å². The van der Waals surface area contributed by atoms with Crippen molar-refractivity contribution in [2.24, 2.45) is 5.73 Å². The van der Waals surface area contributed by atoms with Gasteiger partial charge in [0.1, 0.15) is 5.82 Å². The van der Waals surface area contributed by atoms with Gasteiger partial charge < -0.3 is 5.73 Å². The molecule has 0 aromatic carbocycles. The molecule has 0 radical (unpaired) electrons. The van der Waals surface area contributed by atoms with Crippen molar-refractivity contribution in [3.05, 3.63) is 23.3 Å². The Labute approximate surface area is 72.0 Å². The number of aryl methyl sites for hydroxylation is 2. The summed E-state index contributed by atoms with van der Waals surface area (Å²) in [6.45, 7) is 1.93. The van der Waals surface area contributed by atoms with E-state index in [0.717, 1.165) is 25.1 Å². The molecule has 0 saturated carbocycles. The Morgan fingerprint density at radius 1 is 1.58 bits per heavy atom. The smallest absolute Gasteiger partial charge is 0.125 e. The zero-order valence-electron chi connectivity index (χ0n) is 7.25. The highest BCUT2D eigenvalue weighted by Crippen LogP contribution is 2.17. The van der Waals surface area contributed by atoms with Crippen LogP contribution in [0.4, 0.5) is 0 Å². The lowest BCUT2D eigenvalue weighted by atomic mass is 9.93. The van der Waals surface area contributed by atoms with Crippen molar-refractivity contribution in [3.8, 4) is 0 Å². The first-order valence-electron chi connectivity index (χ1n) is 4.32. The van der Waals surface area contributed by atoms with Crippen LogP contribution in [-0.2, 0) is 12.8 Å². The molecule has 1 atom stereocenters. The molecule has 1 aliphatic carbocycles. The summed E-state index contributed by atoms with van der Waals surface area (Å²) in [6, 6.07) is 0.309. The van der Waals surface area contributed by atoms with Crippen molar-refractivity contribution in [2.45, 2.75) is 32.2 Å². The molecular formula is C9H13N3. The van der Waals surface area contributed by atoms with Crippen molar-refractivity contribution < 1.29 is 0 Å². The molecule has 1 unspecified atom stereocenters. The van der Waals surface area contributed by atoms with E-state index in [9.17, 15) is 0 Å². The normalized spacial score (nSPS) is 22.0. The van der Waals surface area contributed by atoms with Gasteiger partial charge in [-0.05, 0) is 31.7 Å². The second-order valence-corrected chi connectivity index (χ2v) is 3.39. The van der Waals surface area contributed by atoms with Crippen molar-refractivity contribution in [3.63, 3.8) is 0 Å². The van der Waals surface area contributed by atoms with E-state index >= 15 is 0 Å². The van der Waals surface area contributed by atoms with Gasteiger partial charge in [0.2, 0.25) is 0 Å². The van der Waals surface area contributed by atoms with Crippen LogP contribution in [0, 0.1) is 6.92 Å². The molecule has 2 rings (SSSR count). The minimum Gasteiger partial charge on any atom is -0.327 e. The van der Waals surface area contributed by atoms with Gasteiger partial charge in [0.05, 0.1) is 0 Å². The number of hydrogen-bond donors (Lipinski definition) is 1. The molecule has 0 amide bonds. The Morgan fingerprint density at radius 2 is 2.42 bits per heavy atom. The zero-order chi connectivity index (χ0) is 8.55. The maximum atomic E-state index is 5.83. The van der Waals surface area contributed by atoms with E-state index in [1.807, 2.05) is 13.1 Å². The number of rotatable bonds is 0. The van der Waals surface area contributed by atoms with Gasteiger partial charge in [0.25, 0.3) is 0 Å². The van der Waals surface area contributed by atoms with E-state index in [4.69, 9.17) is 5.73 Å². The topological polar surface area (TPSA) is 51.8 Å². The SMILES string of the molecule is Cc1ncc2c(n1)CCC(N)C2. The molecule has 1 aromatic heterocycles. The van der Waals surface area contributed by atoms with Crippen LogP contribution >= 0.6 is 0 Å². The van der Waals surface area contributed by atoms with Crippen LogP contribution < -0.4 is 5.73 Å². The number of nitrogens with zero attached hydrogens (tertiary/aromatic N) is 2. The van der Waals surface area contributed by atoms with E-state index in [-0.39, 0.29) is 0 Å². The second-order valence-electron chi connectivity index (χ2n) is 3.39. The van der Waals surface area contributed by atoms with E-state index in [0.29, 0.717) is 6.04 Å². The molecule has 0 bridgehead atoms. The average Bonchev–Trinajstić information content (AvgIpc) is 2.05. The van der Waals surface area contributed by atoms with E-state index < -0.39 is 0 Å². The maximum Gasteiger partial charge on any atom is 0.125 e. The summed E-state index contributed by atoms with van der Waals surface area (Å²) in [5.41, 5.74) is 8.27. The van der Waals surface area contributed by atoms with Gasteiger partial charge in [-0.25, -0.2) is 9.97 Å². The molecule has 1 aliphatic rings. The van der Waals surface area contributed by atoms with Crippen molar-refractivity contribution in [2.75, 3.05) is 0 Å². The van der Waals surface area contributed by atoms with Crippen LogP contribution in [0.2, 0.25) is 0 Å². The number of nitrogens with two attached hydrogens (primary N) is 1. The van der Waals surface area contributed by atoms with Crippen molar-refractivity contribution >= 4 is 0 Å². The lowest BCUT2D eigenvalue weighted by Crippen LogP contribution is -2.28. The highest BCUT2D eigenvalue weighted by Gasteiger charge is 2.16. The van der Waals surface area contributed by atoms with Crippen LogP contribution in [0.5, 0.6) is 0 Å². The standard InChI is InChI=1S/C9H13N3/c1-6-11-5-7-4-8(10)2-3-9(7)12-6/h5,8H,2-4,10H2,1H3. The number of aromatic nitrogens is 2.